The van der Waals surface area contributed by atoms with Gasteiger partial charge in [0.15, 0.2) is 11.5 Å². The molecular weight excluding hydrogens is 362 g/mol. The molecule has 4 fully saturated rings. The van der Waals surface area contributed by atoms with Crippen LogP contribution < -0.4 is 9.47 Å². The maximum Gasteiger partial charge on any atom is 0.231 e. The number of hydrogen-bond acceptors (Lipinski definition) is 5. The fourth-order valence-corrected chi connectivity index (χ4v) is 6.13. The fourth-order valence-electron chi connectivity index (χ4n) is 6.13. The van der Waals surface area contributed by atoms with Gasteiger partial charge in [0.1, 0.15) is 0 Å². The molecule has 0 N–H and O–H groups in total. The van der Waals surface area contributed by atoms with Crippen molar-refractivity contribution in [3.8, 4) is 11.5 Å². The summed E-state index contributed by atoms with van der Waals surface area (Å²) in [7, 11) is 0. The average molecular weight is 392 g/mol. The van der Waals surface area contributed by atoms with Crippen LogP contribution in [0.2, 0.25) is 0 Å². The third-order valence-electron chi connectivity index (χ3n) is 7.58. The monoisotopic (exact) mass is 391 g/mol. The van der Waals surface area contributed by atoms with Crippen LogP contribution in [0.5, 0.6) is 11.5 Å². The Hall–Kier alpha value is -2.11. The summed E-state index contributed by atoms with van der Waals surface area (Å²) >= 11 is 0. The maximum absolute atomic E-state index is 5.68. The van der Waals surface area contributed by atoms with Crippen LogP contribution in [0.4, 0.5) is 0 Å². The molecule has 1 aromatic carbocycles. The highest BCUT2D eigenvalue weighted by molar-refractivity contribution is 5.46. The molecule has 29 heavy (non-hydrogen) atoms. The Morgan fingerprint density at radius 1 is 1.03 bits per heavy atom. The summed E-state index contributed by atoms with van der Waals surface area (Å²) in [4.78, 5) is 10.2. The lowest BCUT2D eigenvalue weighted by molar-refractivity contribution is -0.00898. The molecule has 5 aliphatic heterocycles. The smallest absolute Gasteiger partial charge is 0.231 e. The van der Waals surface area contributed by atoms with Crippen LogP contribution in [0.25, 0.3) is 0 Å². The molecule has 3 atom stereocenters. The summed E-state index contributed by atoms with van der Waals surface area (Å²) in [6.07, 6.45) is 5.78. The van der Waals surface area contributed by atoms with Gasteiger partial charge in [0, 0.05) is 37.3 Å². The third kappa shape index (κ3) is 2.94. The minimum absolute atomic E-state index is 0.343. The van der Waals surface area contributed by atoms with Gasteiger partial charge in [-0.3, -0.25) is 14.8 Å². The van der Waals surface area contributed by atoms with Crippen LogP contribution in [-0.2, 0) is 13.0 Å². The van der Waals surface area contributed by atoms with E-state index in [0.29, 0.717) is 24.8 Å². The number of likely N-dealkylation sites (tertiary alicyclic amines) is 1. The minimum atomic E-state index is 0.343. The molecule has 0 spiro atoms. The van der Waals surface area contributed by atoms with Crippen LogP contribution >= 0.6 is 0 Å². The van der Waals surface area contributed by atoms with E-state index < -0.39 is 0 Å². The first kappa shape index (κ1) is 17.7. The number of rotatable bonds is 4. The van der Waals surface area contributed by atoms with Crippen molar-refractivity contribution in [2.45, 2.75) is 50.7 Å². The van der Waals surface area contributed by atoms with Crippen molar-refractivity contribution in [2.75, 3.05) is 26.4 Å². The molecule has 5 nitrogen and oxygen atoms in total. The molecule has 0 saturated carbocycles. The molecule has 152 valence electrons. The lowest BCUT2D eigenvalue weighted by Crippen LogP contribution is -2.60. The predicted molar refractivity (Wildman–Crippen MR) is 111 cm³/mol. The van der Waals surface area contributed by atoms with Crippen LogP contribution in [0.3, 0.4) is 0 Å². The van der Waals surface area contributed by atoms with Gasteiger partial charge in [-0.05, 0) is 67.6 Å². The Balaban J connectivity index is 1.31. The Morgan fingerprint density at radius 3 is 2.69 bits per heavy atom. The van der Waals surface area contributed by atoms with Crippen molar-refractivity contribution in [2.24, 2.45) is 5.92 Å². The maximum atomic E-state index is 5.68. The molecule has 1 aromatic heterocycles. The first-order valence-electron chi connectivity index (χ1n) is 11.1. The summed E-state index contributed by atoms with van der Waals surface area (Å²) in [6, 6.07) is 12.3. The van der Waals surface area contributed by atoms with Crippen molar-refractivity contribution in [1.82, 2.24) is 14.8 Å². The van der Waals surface area contributed by atoms with Gasteiger partial charge >= 0.3 is 0 Å². The lowest BCUT2D eigenvalue weighted by atomic mass is 9.75. The molecule has 0 aliphatic carbocycles. The third-order valence-corrected chi connectivity index (χ3v) is 7.58. The molecule has 0 amide bonds. The molecule has 2 bridgehead atoms. The SMILES string of the molecule is CCc1ccc(CN2C[C@H](c3ccc4c(c3)OCO4)[C@H]3[C@@H]2C2CCN3CC2)nc1. The second-order valence-corrected chi connectivity index (χ2v) is 9.01. The van der Waals surface area contributed by atoms with E-state index in [1.165, 1.54) is 42.8 Å². The van der Waals surface area contributed by atoms with Crippen molar-refractivity contribution >= 4 is 0 Å². The largest absolute Gasteiger partial charge is 0.454 e. The van der Waals surface area contributed by atoms with Gasteiger partial charge in [-0.25, -0.2) is 0 Å². The average Bonchev–Trinajstić information content (AvgIpc) is 3.40. The second kappa shape index (κ2) is 6.99. The van der Waals surface area contributed by atoms with Gasteiger partial charge in [-0.2, -0.15) is 0 Å². The molecule has 7 rings (SSSR count). The van der Waals surface area contributed by atoms with Crippen LogP contribution in [0.1, 0.15) is 42.5 Å². The highest BCUT2D eigenvalue weighted by atomic mass is 16.7. The Kier molecular flexibility index (Phi) is 4.27. The van der Waals surface area contributed by atoms with E-state index in [2.05, 4.69) is 53.3 Å². The van der Waals surface area contributed by atoms with E-state index in [1.54, 1.807) is 0 Å². The Labute approximate surface area is 172 Å². The van der Waals surface area contributed by atoms with E-state index in [1.807, 2.05) is 0 Å². The minimum Gasteiger partial charge on any atom is -0.454 e. The molecular formula is C24H29N3O2. The molecule has 5 heteroatoms. The van der Waals surface area contributed by atoms with Crippen molar-refractivity contribution in [3.63, 3.8) is 0 Å². The number of hydrogen-bond donors (Lipinski definition) is 0. The molecule has 2 aromatic rings. The highest BCUT2D eigenvalue weighted by Gasteiger charge is 2.53. The Morgan fingerprint density at radius 2 is 1.90 bits per heavy atom. The van der Waals surface area contributed by atoms with Crippen LogP contribution in [0.15, 0.2) is 36.5 Å². The van der Waals surface area contributed by atoms with Gasteiger partial charge < -0.3 is 9.47 Å². The van der Waals surface area contributed by atoms with E-state index in [-0.39, 0.29) is 0 Å². The highest BCUT2D eigenvalue weighted by Crippen LogP contribution is 2.48. The predicted octanol–water partition coefficient (Wildman–Crippen LogP) is 3.43. The van der Waals surface area contributed by atoms with Gasteiger partial charge in [0.05, 0.1) is 5.69 Å². The molecule has 4 saturated heterocycles. The zero-order valence-electron chi connectivity index (χ0n) is 17.1. The molecule has 0 radical (unpaired) electrons. The number of aromatic nitrogens is 1. The normalized spacial score (nSPS) is 32.5. The summed E-state index contributed by atoms with van der Waals surface area (Å²) in [5, 5.41) is 0. The van der Waals surface area contributed by atoms with Gasteiger partial charge in [0.2, 0.25) is 6.79 Å². The van der Waals surface area contributed by atoms with Gasteiger partial charge in [-0.1, -0.05) is 19.1 Å². The van der Waals surface area contributed by atoms with E-state index >= 15 is 0 Å². The van der Waals surface area contributed by atoms with Gasteiger partial charge in [0.25, 0.3) is 0 Å². The first-order chi connectivity index (χ1) is 14.3. The van der Waals surface area contributed by atoms with Crippen molar-refractivity contribution < 1.29 is 9.47 Å². The number of aryl methyl sites for hydroxylation is 1. The number of pyridine rings is 1. The standard InChI is InChI=1S/C24H29N3O2/c1-2-16-3-5-19(25-12-16)13-27-14-20(18-4-6-21-22(11-18)29-15-28-21)24-23(27)17-7-9-26(24)10-8-17/h3-6,11-12,17,20,23-24H,2,7-10,13-15H2,1H3/t20-,23+,24+/m1/s1. The van der Waals surface area contributed by atoms with Crippen LogP contribution in [-0.4, -0.2) is 53.3 Å². The number of nitrogens with zero attached hydrogens (tertiary/aromatic N) is 3. The molecule has 6 heterocycles. The topological polar surface area (TPSA) is 37.8 Å². The van der Waals surface area contributed by atoms with Crippen LogP contribution in [0, 0.1) is 5.92 Å². The van der Waals surface area contributed by atoms with Crippen molar-refractivity contribution in [3.05, 3.63) is 53.3 Å². The first-order valence-corrected chi connectivity index (χ1v) is 11.1. The zero-order chi connectivity index (χ0) is 19.4. The number of fused-ring (bicyclic) bond motifs is 3. The van der Waals surface area contributed by atoms with E-state index in [0.717, 1.165) is 36.9 Å². The zero-order valence-corrected chi connectivity index (χ0v) is 17.1. The van der Waals surface area contributed by atoms with Crippen molar-refractivity contribution in [1.29, 1.82) is 0 Å². The summed E-state index contributed by atoms with van der Waals surface area (Å²) < 4.78 is 11.2. The van der Waals surface area contributed by atoms with E-state index in [4.69, 9.17) is 14.5 Å². The lowest BCUT2D eigenvalue weighted by Gasteiger charge is -2.51. The molecule has 5 aliphatic rings. The number of piperidine rings is 3. The fraction of sp³-hybridized carbons (Fsp3) is 0.542. The summed E-state index contributed by atoms with van der Waals surface area (Å²) in [5.41, 5.74) is 3.91. The second-order valence-electron chi connectivity index (χ2n) is 9.01. The summed E-state index contributed by atoms with van der Waals surface area (Å²) in [6.45, 7) is 7.09. The number of ether oxygens (including phenoxy) is 2. The van der Waals surface area contributed by atoms with E-state index in [9.17, 15) is 0 Å². The number of benzene rings is 1. The Bertz CT molecular complexity index is 891. The quantitative estimate of drug-likeness (QED) is 0.798. The molecule has 0 unspecified atom stereocenters. The van der Waals surface area contributed by atoms with Gasteiger partial charge in [-0.15, -0.1) is 0 Å². The summed E-state index contributed by atoms with van der Waals surface area (Å²) in [5.74, 6) is 3.13.